The lowest BCUT2D eigenvalue weighted by Crippen LogP contribution is -2.00. The van der Waals surface area contributed by atoms with Gasteiger partial charge in [-0.15, -0.1) is 0 Å². The Morgan fingerprint density at radius 2 is 0.714 bits per heavy atom. The molecule has 11 rings (SSSR count). The molecule has 0 aliphatic rings. The van der Waals surface area contributed by atoms with Gasteiger partial charge in [0.2, 0.25) is 0 Å². The molecule has 0 N–H and O–H groups in total. The van der Waals surface area contributed by atoms with Gasteiger partial charge in [-0.2, -0.15) is 0 Å². The third kappa shape index (κ3) is 5.23. The molecule has 0 atom stereocenters. The molecule has 0 bridgehead atoms. The Balaban J connectivity index is 1.14. The van der Waals surface area contributed by atoms with E-state index in [-0.39, 0.29) is 0 Å². The van der Waals surface area contributed by atoms with E-state index in [2.05, 4.69) is 203 Å². The number of hydrogen-bond acceptors (Lipinski definition) is 2. The summed E-state index contributed by atoms with van der Waals surface area (Å²) in [4.78, 5) is 10.5. The van der Waals surface area contributed by atoms with Crippen molar-refractivity contribution in [3.05, 3.63) is 206 Å². The zero-order valence-electron chi connectivity index (χ0n) is 30.4. The predicted octanol–water partition coefficient (Wildman–Crippen LogP) is 13.3. The van der Waals surface area contributed by atoms with Gasteiger partial charge < -0.3 is 9.13 Å². The smallest absolute Gasteiger partial charge is 0.160 e. The molecule has 56 heavy (non-hydrogen) atoms. The Morgan fingerprint density at radius 3 is 1.32 bits per heavy atom. The SMILES string of the molecule is c1ccc(-c2ccc(-c3cc(-c4ccccc4)nc(-c4cccc(-n5c6ccccc6c6ccc7c8ccccc8n(-c8ccccc8)c7c65)c4)n3)cc2)cc1. The molecule has 0 radical (unpaired) electrons. The van der Waals surface area contributed by atoms with Crippen LogP contribution in [0, 0.1) is 0 Å². The minimum Gasteiger partial charge on any atom is -0.307 e. The fraction of sp³-hybridized carbons (Fsp3) is 0. The second kappa shape index (κ2) is 13.1. The Bertz CT molecular complexity index is 3220. The third-order valence-electron chi connectivity index (χ3n) is 10.9. The second-order valence-electron chi connectivity index (χ2n) is 14.2. The van der Waals surface area contributed by atoms with Gasteiger partial charge in [0.05, 0.1) is 33.5 Å². The molecule has 262 valence electrons. The maximum absolute atomic E-state index is 5.26. The minimum absolute atomic E-state index is 0.680. The van der Waals surface area contributed by atoms with Crippen molar-refractivity contribution in [2.45, 2.75) is 0 Å². The molecule has 11 aromatic rings. The molecule has 0 unspecified atom stereocenters. The van der Waals surface area contributed by atoms with Gasteiger partial charge in [0.25, 0.3) is 0 Å². The van der Waals surface area contributed by atoms with Gasteiger partial charge in [0.1, 0.15) is 0 Å². The van der Waals surface area contributed by atoms with Crippen LogP contribution in [0.1, 0.15) is 0 Å². The topological polar surface area (TPSA) is 35.6 Å². The molecule has 4 nitrogen and oxygen atoms in total. The summed E-state index contributed by atoms with van der Waals surface area (Å²) in [5.41, 5.74) is 14.0. The highest BCUT2D eigenvalue weighted by atomic mass is 15.0. The highest BCUT2D eigenvalue weighted by molar-refractivity contribution is 6.23. The molecule has 0 amide bonds. The third-order valence-corrected chi connectivity index (χ3v) is 10.9. The first-order valence-electron chi connectivity index (χ1n) is 19.0. The molecular weight excluding hydrogens is 681 g/mol. The van der Waals surface area contributed by atoms with Crippen molar-refractivity contribution in [1.29, 1.82) is 0 Å². The average Bonchev–Trinajstić information content (AvgIpc) is 3.80. The quantitative estimate of drug-likeness (QED) is 0.172. The normalized spacial score (nSPS) is 11.6. The van der Waals surface area contributed by atoms with Crippen LogP contribution in [-0.4, -0.2) is 19.1 Å². The van der Waals surface area contributed by atoms with Gasteiger partial charge in [0, 0.05) is 49.6 Å². The Labute approximate surface area is 324 Å². The van der Waals surface area contributed by atoms with Gasteiger partial charge in [-0.3, -0.25) is 0 Å². The van der Waals surface area contributed by atoms with E-state index in [9.17, 15) is 0 Å². The molecule has 0 aliphatic carbocycles. The van der Waals surface area contributed by atoms with Crippen molar-refractivity contribution in [3.8, 4) is 56.4 Å². The van der Waals surface area contributed by atoms with Crippen LogP contribution in [0.15, 0.2) is 206 Å². The summed E-state index contributed by atoms with van der Waals surface area (Å²) in [6.07, 6.45) is 0. The molecular formula is C52H34N4. The van der Waals surface area contributed by atoms with Crippen LogP contribution in [-0.2, 0) is 0 Å². The Hall–Kier alpha value is -7.56. The van der Waals surface area contributed by atoms with E-state index in [4.69, 9.17) is 9.97 Å². The summed E-state index contributed by atoms with van der Waals surface area (Å²) in [6, 6.07) is 73.1. The average molecular weight is 715 g/mol. The van der Waals surface area contributed by atoms with E-state index in [0.717, 1.165) is 45.0 Å². The number of fused-ring (bicyclic) bond motifs is 7. The molecule has 0 spiro atoms. The van der Waals surface area contributed by atoms with E-state index in [1.54, 1.807) is 0 Å². The summed E-state index contributed by atoms with van der Waals surface area (Å²) >= 11 is 0. The van der Waals surface area contributed by atoms with Crippen LogP contribution >= 0.6 is 0 Å². The van der Waals surface area contributed by atoms with E-state index in [0.29, 0.717) is 5.82 Å². The van der Waals surface area contributed by atoms with Crippen LogP contribution in [0.2, 0.25) is 0 Å². The summed E-state index contributed by atoms with van der Waals surface area (Å²) in [7, 11) is 0. The van der Waals surface area contributed by atoms with Crippen molar-refractivity contribution in [3.63, 3.8) is 0 Å². The molecule has 0 saturated carbocycles. The highest BCUT2D eigenvalue weighted by Crippen LogP contribution is 2.42. The summed E-state index contributed by atoms with van der Waals surface area (Å²) < 4.78 is 4.85. The molecule has 0 saturated heterocycles. The first-order valence-corrected chi connectivity index (χ1v) is 19.0. The van der Waals surface area contributed by atoms with Gasteiger partial charge >= 0.3 is 0 Å². The lowest BCUT2D eigenvalue weighted by Gasteiger charge is -2.14. The molecule has 4 heteroatoms. The summed E-state index contributed by atoms with van der Waals surface area (Å²) in [5, 5.41) is 4.87. The zero-order valence-corrected chi connectivity index (χ0v) is 30.4. The zero-order chi connectivity index (χ0) is 37.0. The van der Waals surface area contributed by atoms with Crippen LogP contribution in [0.4, 0.5) is 0 Å². The Morgan fingerprint density at radius 1 is 0.286 bits per heavy atom. The van der Waals surface area contributed by atoms with E-state index in [1.165, 1.54) is 49.2 Å². The summed E-state index contributed by atoms with van der Waals surface area (Å²) in [6.45, 7) is 0. The fourth-order valence-electron chi connectivity index (χ4n) is 8.34. The van der Waals surface area contributed by atoms with E-state index >= 15 is 0 Å². The maximum atomic E-state index is 5.26. The van der Waals surface area contributed by atoms with Gasteiger partial charge in [-0.25, -0.2) is 9.97 Å². The van der Waals surface area contributed by atoms with Crippen molar-refractivity contribution in [2.24, 2.45) is 0 Å². The van der Waals surface area contributed by atoms with Crippen LogP contribution in [0.3, 0.4) is 0 Å². The van der Waals surface area contributed by atoms with Crippen LogP contribution in [0.25, 0.3) is 100 Å². The first-order chi connectivity index (χ1) is 27.8. The van der Waals surface area contributed by atoms with Crippen molar-refractivity contribution in [1.82, 2.24) is 19.1 Å². The molecule has 8 aromatic carbocycles. The molecule has 3 aromatic heterocycles. The fourth-order valence-corrected chi connectivity index (χ4v) is 8.34. The number of benzene rings is 8. The lowest BCUT2D eigenvalue weighted by molar-refractivity contribution is 1.14. The predicted molar refractivity (Wildman–Crippen MR) is 232 cm³/mol. The van der Waals surface area contributed by atoms with Crippen molar-refractivity contribution >= 4 is 43.6 Å². The monoisotopic (exact) mass is 714 g/mol. The van der Waals surface area contributed by atoms with Gasteiger partial charge in [0.15, 0.2) is 5.82 Å². The summed E-state index contributed by atoms with van der Waals surface area (Å²) in [5.74, 6) is 0.680. The van der Waals surface area contributed by atoms with Gasteiger partial charge in [-0.1, -0.05) is 164 Å². The number of para-hydroxylation sites is 3. The van der Waals surface area contributed by atoms with E-state index < -0.39 is 0 Å². The van der Waals surface area contributed by atoms with E-state index in [1.807, 2.05) is 12.1 Å². The molecule has 0 aliphatic heterocycles. The van der Waals surface area contributed by atoms with Crippen molar-refractivity contribution < 1.29 is 0 Å². The standard InChI is InChI=1S/C52H34N4/c1-4-15-35(16-5-1)36-27-29-38(30-28-36)47-34-46(37-17-6-2-7-18-37)53-52(54-47)39-19-14-22-41(33-39)56-49-26-13-11-24-43(49)45-32-31-44-42-23-10-12-25-48(42)55(50(44)51(45)56)40-20-8-3-9-21-40/h1-34H. The molecule has 3 heterocycles. The van der Waals surface area contributed by atoms with Crippen molar-refractivity contribution in [2.75, 3.05) is 0 Å². The number of aromatic nitrogens is 4. The highest BCUT2D eigenvalue weighted by Gasteiger charge is 2.21. The van der Waals surface area contributed by atoms with Gasteiger partial charge in [-0.05, 0) is 53.6 Å². The lowest BCUT2D eigenvalue weighted by atomic mass is 10.0. The van der Waals surface area contributed by atoms with Crippen LogP contribution < -0.4 is 0 Å². The Kier molecular flexibility index (Phi) is 7.46. The second-order valence-corrected chi connectivity index (χ2v) is 14.2. The first kappa shape index (κ1) is 31.9. The largest absolute Gasteiger partial charge is 0.307 e. The minimum atomic E-state index is 0.680. The number of hydrogen-bond donors (Lipinski definition) is 0. The van der Waals surface area contributed by atoms with Crippen LogP contribution in [0.5, 0.6) is 0 Å². The number of nitrogens with zero attached hydrogens (tertiary/aromatic N) is 4. The number of rotatable bonds is 6. The molecule has 0 fully saturated rings. The maximum Gasteiger partial charge on any atom is 0.160 e.